The van der Waals surface area contributed by atoms with Crippen LogP contribution in [0.15, 0.2) is 0 Å². The molecule has 1 rings (SSSR count). The molecule has 1 heteroatoms. The Bertz CT molecular complexity index is 203. The van der Waals surface area contributed by atoms with Crippen molar-refractivity contribution in [2.75, 3.05) is 7.05 Å². The third kappa shape index (κ3) is 2.86. The fourth-order valence-electron chi connectivity index (χ4n) is 4.32. The fourth-order valence-corrected chi connectivity index (χ4v) is 4.32. The van der Waals surface area contributed by atoms with Crippen molar-refractivity contribution >= 4 is 0 Å². The van der Waals surface area contributed by atoms with Gasteiger partial charge in [-0.15, -0.1) is 0 Å². The van der Waals surface area contributed by atoms with Crippen molar-refractivity contribution in [1.82, 2.24) is 5.32 Å². The summed E-state index contributed by atoms with van der Waals surface area (Å²) in [7, 11) is 2.13. The van der Waals surface area contributed by atoms with Gasteiger partial charge in [0, 0.05) is 6.04 Å². The maximum atomic E-state index is 3.57. The standard InChI is InChI=1S/C14H29N.C2H6/c1-12(2,3)14(13(4,5)6)10-8-9-11(14)15-7;1-2/h11,15H,8-10H2,1-7H3;1-2H3. The molecule has 0 heterocycles. The van der Waals surface area contributed by atoms with Crippen LogP contribution >= 0.6 is 0 Å². The van der Waals surface area contributed by atoms with E-state index >= 15 is 0 Å². The van der Waals surface area contributed by atoms with Crippen LogP contribution in [0.2, 0.25) is 0 Å². The van der Waals surface area contributed by atoms with Gasteiger partial charge in [0.1, 0.15) is 0 Å². The van der Waals surface area contributed by atoms with Gasteiger partial charge in [0.2, 0.25) is 0 Å². The Morgan fingerprint density at radius 1 is 0.941 bits per heavy atom. The van der Waals surface area contributed by atoms with Gasteiger partial charge in [-0.2, -0.15) is 0 Å². The quantitative estimate of drug-likeness (QED) is 0.691. The summed E-state index contributed by atoms with van der Waals surface area (Å²) in [6, 6.07) is 0.678. The second-order valence-electron chi connectivity index (χ2n) is 7.20. The Kier molecular flexibility index (Phi) is 5.72. The molecule has 0 spiro atoms. The van der Waals surface area contributed by atoms with E-state index in [9.17, 15) is 0 Å². The van der Waals surface area contributed by atoms with Crippen molar-refractivity contribution in [3.8, 4) is 0 Å². The van der Waals surface area contributed by atoms with Gasteiger partial charge in [-0.05, 0) is 36.1 Å². The first-order valence-corrected chi connectivity index (χ1v) is 7.34. The zero-order valence-electron chi connectivity index (χ0n) is 13.7. The summed E-state index contributed by atoms with van der Waals surface area (Å²) in [5.41, 5.74) is 1.17. The molecule has 17 heavy (non-hydrogen) atoms. The van der Waals surface area contributed by atoms with Crippen LogP contribution in [-0.2, 0) is 0 Å². The molecule has 1 atom stereocenters. The summed E-state index contributed by atoms with van der Waals surface area (Å²) in [6.07, 6.45) is 4.08. The van der Waals surface area contributed by atoms with Crippen molar-refractivity contribution in [1.29, 1.82) is 0 Å². The predicted octanol–water partition coefficient (Wildman–Crippen LogP) is 4.86. The average molecular weight is 241 g/mol. The first-order chi connectivity index (χ1) is 7.67. The van der Waals surface area contributed by atoms with E-state index in [-0.39, 0.29) is 0 Å². The van der Waals surface area contributed by atoms with Crippen LogP contribution in [0, 0.1) is 16.2 Å². The summed E-state index contributed by atoms with van der Waals surface area (Å²) in [5, 5.41) is 3.57. The number of hydrogen-bond donors (Lipinski definition) is 1. The minimum atomic E-state index is 0.370. The molecular formula is C16H35N. The lowest BCUT2D eigenvalue weighted by Crippen LogP contribution is -2.55. The molecule has 104 valence electrons. The lowest BCUT2D eigenvalue weighted by molar-refractivity contribution is -0.0473. The number of nitrogens with one attached hydrogen (secondary N) is 1. The number of hydrogen-bond acceptors (Lipinski definition) is 1. The summed E-state index contributed by atoms with van der Waals surface area (Å²) in [6.45, 7) is 18.5. The zero-order chi connectivity index (χ0) is 13.9. The minimum Gasteiger partial charge on any atom is -0.316 e. The lowest BCUT2D eigenvalue weighted by Gasteiger charge is -2.55. The van der Waals surface area contributed by atoms with Gasteiger partial charge < -0.3 is 5.32 Å². The molecule has 0 amide bonds. The minimum absolute atomic E-state index is 0.370. The molecule has 1 fully saturated rings. The first-order valence-electron chi connectivity index (χ1n) is 7.34. The van der Waals surface area contributed by atoms with Crippen LogP contribution in [0.5, 0.6) is 0 Å². The highest BCUT2D eigenvalue weighted by atomic mass is 14.9. The molecule has 0 aromatic carbocycles. The van der Waals surface area contributed by atoms with E-state index in [1.165, 1.54) is 19.3 Å². The van der Waals surface area contributed by atoms with Crippen LogP contribution < -0.4 is 5.32 Å². The molecule has 1 aliphatic carbocycles. The Morgan fingerprint density at radius 2 is 1.35 bits per heavy atom. The van der Waals surface area contributed by atoms with Crippen molar-refractivity contribution in [2.45, 2.75) is 80.7 Å². The van der Waals surface area contributed by atoms with Crippen molar-refractivity contribution < 1.29 is 0 Å². The smallest absolute Gasteiger partial charge is 0.0130 e. The van der Waals surface area contributed by atoms with Gasteiger partial charge in [0.05, 0.1) is 0 Å². The van der Waals surface area contributed by atoms with Crippen LogP contribution in [0.25, 0.3) is 0 Å². The van der Waals surface area contributed by atoms with Gasteiger partial charge in [-0.25, -0.2) is 0 Å². The van der Waals surface area contributed by atoms with Gasteiger partial charge in [0.15, 0.2) is 0 Å². The Balaban J connectivity index is 0.00000121. The predicted molar refractivity (Wildman–Crippen MR) is 79.4 cm³/mol. The second kappa shape index (κ2) is 5.73. The van der Waals surface area contributed by atoms with E-state index in [0.717, 1.165) is 0 Å². The van der Waals surface area contributed by atoms with E-state index in [1.807, 2.05) is 13.8 Å². The van der Waals surface area contributed by atoms with Gasteiger partial charge in [-0.1, -0.05) is 61.8 Å². The Labute approximate surface area is 110 Å². The Hall–Kier alpha value is -0.0400. The van der Waals surface area contributed by atoms with E-state index in [4.69, 9.17) is 0 Å². The molecule has 0 aromatic rings. The van der Waals surface area contributed by atoms with Crippen LogP contribution in [0.3, 0.4) is 0 Å². The van der Waals surface area contributed by atoms with Gasteiger partial charge in [-0.3, -0.25) is 0 Å². The fraction of sp³-hybridized carbons (Fsp3) is 1.00. The molecule has 1 unspecified atom stereocenters. The molecule has 1 aliphatic rings. The summed E-state index contributed by atoms with van der Waals surface area (Å²) < 4.78 is 0. The van der Waals surface area contributed by atoms with Gasteiger partial charge in [0.25, 0.3) is 0 Å². The average Bonchev–Trinajstić information content (AvgIpc) is 2.63. The molecule has 1 nitrogen and oxygen atoms in total. The molecule has 1 N–H and O–H groups in total. The molecular weight excluding hydrogens is 206 g/mol. The normalized spacial score (nSPS) is 24.2. The highest BCUT2D eigenvalue weighted by Crippen LogP contribution is 2.60. The molecule has 0 aliphatic heterocycles. The maximum absolute atomic E-state index is 3.57. The zero-order valence-corrected chi connectivity index (χ0v) is 13.7. The van der Waals surface area contributed by atoms with Crippen LogP contribution in [-0.4, -0.2) is 13.1 Å². The third-order valence-electron chi connectivity index (χ3n) is 4.68. The SMILES string of the molecule is CC.CNC1CCCC1(C(C)(C)C)C(C)(C)C. The molecule has 0 aromatic heterocycles. The summed E-state index contributed by atoms with van der Waals surface area (Å²) >= 11 is 0. The molecule has 0 saturated heterocycles. The van der Waals surface area contributed by atoms with E-state index in [0.29, 0.717) is 22.3 Å². The summed E-state index contributed by atoms with van der Waals surface area (Å²) in [4.78, 5) is 0. The molecule has 0 bridgehead atoms. The van der Waals surface area contributed by atoms with Crippen molar-refractivity contribution in [3.63, 3.8) is 0 Å². The van der Waals surface area contributed by atoms with Crippen LogP contribution in [0.1, 0.15) is 74.7 Å². The lowest BCUT2D eigenvalue weighted by atomic mass is 9.51. The molecule has 1 saturated carbocycles. The second-order valence-corrected chi connectivity index (χ2v) is 7.20. The number of rotatable bonds is 1. The monoisotopic (exact) mass is 241 g/mol. The highest BCUT2D eigenvalue weighted by Gasteiger charge is 2.56. The van der Waals surface area contributed by atoms with Gasteiger partial charge >= 0.3 is 0 Å². The van der Waals surface area contributed by atoms with E-state index in [2.05, 4.69) is 53.9 Å². The van der Waals surface area contributed by atoms with E-state index < -0.39 is 0 Å². The highest BCUT2D eigenvalue weighted by molar-refractivity contribution is 5.08. The Morgan fingerprint density at radius 3 is 1.59 bits per heavy atom. The van der Waals surface area contributed by atoms with Crippen molar-refractivity contribution in [3.05, 3.63) is 0 Å². The van der Waals surface area contributed by atoms with Crippen LogP contribution in [0.4, 0.5) is 0 Å². The first kappa shape index (κ1) is 17.0. The summed E-state index contributed by atoms with van der Waals surface area (Å²) in [5.74, 6) is 0. The van der Waals surface area contributed by atoms with E-state index in [1.54, 1.807) is 0 Å². The topological polar surface area (TPSA) is 12.0 Å². The third-order valence-corrected chi connectivity index (χ3v) is 4.68. The largest absolute Gasteiger partial charge is 0.316 e. The van der Waals surface area contributed by atoms with Crippen molar-refractivity contribution in [2.24, 2.45) is 16.2 Å². The molecule has 0 radical (unpaired) electrons. The maximum Gasteiger partial charge on any atom is 0.0130 e.